The van der Waals surface area contributed by atoms with E-state index in [2.05, 4.69) is 0 Å². The summed E-state index contributed by atoms with van der Waals surface area (Å²) in [5.74, 6) is -0.551. The van der Waals surface area contributed by atoms with Crippen molar-refractivity contribution < 1.29 is 14.3 Å². The van der Waals surface area contributed by atoms with Gasteiger partial charge in [0.15, 0.2) is 6.61 Å². The van der Waals surface area contributed by atoms with Gasteiger partial charge in [0.2, 0.25) is 0 Å². The third-order valence-corrected chi connectivity index (χ3v) is 5.69. The molecule has 0 radical (unpaired) electrons. The Morgan fingerprint density at radius 1 is 1.16 bits per heavy atom. The second-order valence-electron chi connectivity index (χ2n) is 6.24. The van der Waals surface area contributed by atoms with Crippen molar-refractivity contribution in [3.05, 3.63) is 57.3 Å². The molecule has 1 heterocycles. The molecule has 4 nitrogen and oxygen atoms in total. The second-order valence-corrected chi connectivity index (χ2v) is 7.37. The molecule has 2 aromatic rings. The van der Waals surface area contributed by atoms with Crippen LogP contribution in [0.3, 0.4) is 0 Å². The van der Waals surface area contributed by atoms with Crippen molar-refractivity contribution in [1.29, 1.82) is 0 Å². The van der Waals surface area contributed by atoms with Crippen molar-refractivity contribution in [3.63, 3.8) is 0 Å². The van der Waals surface area contributed by atoms with Gasteiger partial charge in [0.25, 0.3) is 5.91 Å². The molecule has 0 atom stereocenters. The molecule has 1 aromatic heterocycles. The number of thiophene rings is 1. The average Bonchev–Trinajstić information content (AvgIpc) is 3.09. The van der Waals surface area contributed by atoms with Crippen LogP contribution in [0.5, 0.6) is 0 Å². The number of esters is 1. The third kappa shape index (κ3) is 4.48. The first-order valence-electron chi connectivity index (χ1n) is 8.77. The van der Waals surface area contributed by atoms with Crippen LogP contribution in [0.4, 0.5) is 0 Å². The molecule has 0 bridgehead atoms. The standard InChI is InChI=1S/C20H23NO3S/c1-2-21(13-15-8-4-3-5-9-15)19(22)14-24-20(23)18-12-16-10-6-7-11-17(16)25-18/h3-5,8-9,12H,2,6-7,10-11,13-14H2,1H3. The number of amides is 1. The molecule has 5 heteroatoms. The van der Waals surface area contributed by atoms with E-state index in [0.29, 0.717) is 18.0 Å². The number of rotatable bonds is 6. The summed E-state index contributed by atoms with van der Waals surface area (Å²) < 4.78 is 5.27. The zero-order valence-corrected chi connectivity index (χ0v) is 15.3. The van der Waals surface area contributed by atoms with E-state index in [1.54, 1.807) is 4.90 Å². The van der Waals surface area contributed by atoms with E-state index in [4.69, 9.17) is 4.74 Å². The Hall–Kier alpha value is -2.14. The van der Waals surface area contributed by atoms with Gasteiger partial charge in [0.1, 0.15) is 4.88 Å². The first kappa shape index (κ1) is 17.7. The highest BCUT2D eigenvalue weighted by Gasteiger charge is 2.20. The van der Waals surface area contributed by atoms with Crippen LogP contribution in [0.2, 0.25) is 0 Å². The van der Waals surface area contributed by atoms with Crippen LogP contribution in [0.15, 0.2) is 36.4 Å². The highest BCUT2D eigenvalue weighted by Crippen LogP contribution is 2.30. The summed E-state index contributed by atoms with van der Waals surface area (Å²) in [6.07, 6.45) is 4.46. The van der Waals surface area contributed by atoms with E-state index in [1.807, 2.05) is 43.3 Å². The van der Waals surface area contributed by atoms with Gasteiger partial charge in [0.05, 0.1) is 0 Å². The topological polar surface area (TPSA) is 46.6 Å². The molecule has 132 valence electrons. The van der Waals surface area contributed by atoms with E-state index in [1.165, 1.54) is 34.6 Å². The smallest absolute Gasteiger partial charge is 0.348 e. The van der Waals surface area contributed by atoms with Crippen LogP contribution >= 0.6 is 11.3 Å². The maximum atomic E-state index is 12.4. The van der Waals surface area contributed by atoms with Crippen LogP contribution in [-0.4, -0.2) is 29.9 Å². The zero-order valence-electron chi connectivity index (χ0n) is 14.5. The van der Waals surface area contributed by atoms with E-state index in [0.717, 1.165) is 18.4 Å². The molecule has 0 spiro atoms. The SMILES string of the molecule is CCN(Cc1ccccc1)C(=O)COC(=O)c1cc2c(s1)CCCC2. The maximum absolute atomic E-state index is 12.4. The Labute approximate surface area is 152 Å². The minimum Gasteiger partial charge on any atom is -0.451 e. The molecule has 0 aliphatic heterocycles. The van der Waals surface area contributed by atoms with Crippen LogP contribution in [0.25, 0.3) is 0 Å². The fourth-order valence-electron chi connectivity index (χ4n) is 3.06. The Bertz CT molecular complexity index is 715. The van der Waals surface area contributed by atoms with Gasteiger partial charge in [0, 0.05) is 18.0 Å². The number of aryl methyl sites for hydroxylation is 2. The molecule has 3 rings (SSSR count). The number of benzene rings is 1. The lowest BCUT2D eigenvalue weighted by molar-refractivity contribution is -0.134. The number of carbonyl (C=O) groups is 2. The van der Waals surface area contributed by atoms with E-state index in [-0.39, 0.29) is 18.5 Å². The summed E-state index contributed by atoms with van der Waals surface area (Å²) in [6.45, 7) is 2.83. The number of hydrogen-bond acceptors (Lipinski definition) is 4. The Kier molecular flexibility index (Phi) is 5.87. The molecule has 0 unspecified atom stereocenters. The molecule has 1 aliphatic rings. The molecule has 0 fully saturated rings. The summed E-state index contributed by atoms with van der Waals surface area (Å²) in [6, 6.07) is 11.8. The molecule has 0 saturated carbocycles. The predicted octanol–water partition coefficient (Wildman–Crippen LogP) is 3.83. The Morgan fingerprint density at radius 2 is 1.92 bits per heavy atom. The third-order valence-electron chi connectivity index (χ3n) is 4.48. The van der Waals surface area contributed by atoms with Gasteiger partial charge >= 0.3 is 5.97 Å². The largest absolute Gasteiger partial charge is 0.451 e. The summed E-state index contributed by atoms with van der Waals surface area (Å²) in [7, 11) is 0. The van der Waals surface area contributed by atoms with Crippen LogP contribution in [0, 0.1) is 0 Å². The van der Waals surface area contributed by atoms with Gasteiger partial charge in [-0.3, -0.25) is 4.79 Å². The summed E-state index contributed by atoms with van der Waals surface area (Å²) in [5, 5.41) is 0. The number of fused-ring (bicyclic) bond motifs is 1. The molecule has 0 saturated heterocycles. The number of hydrogen-bond donors (Lipinski definition) is 0. The quantitative estimate of drug-likeness (QED) is 0.738. The summed E-state index contributed by atoms with van der Waals surface area (Å²) >= 11 is 1.51. The lowest BCUT2D eigenvalue weighted by Gasteiger charge is -2.20. The van der Waals surface area contributed by atoms with Crippen molar-refractivity contribution in [2.45, 2.75) is 39.2 Å². The molecule has 1 aliphatic carbocycles. The van der Waals surface area contributed by atoms with E-state index >= 15 is 0 Å². The fourth-order valence-corrected chi connectivity index (χ4v) is 4.21. The molecule has 0 N–H and O–H groups in total. The lowest BCUT2D eigenvalue weighted by atomic mass is 9.99. The number of ether oxygens (including phenoxy) is 1. The molecular weight excluding hydrogens is 334 g/mol. The first-order valence-corrected chi connectivity index (χ1v) is 9.59. The van der Waals surface area contributed by atoms with Crippen molar-refractivity contribution in [2.24, 2.45) is 0 Å². The van der Waals surface area contributed by atoms with E-state index < -0.39 is 0 Å². The van der Waals surface area contributed by atoms with Gasteiger partial charge in [-0.15, -0.1) is 11.3 Å². The van der Waals surface area contributed by atoms with Crippen LogP contribution in [-0.2, 0) is 28.9 Å². The van der Waals surface area contributed by atoms with Crippen molar-refractivity contribution in [1.82, 2.24) is 4.90 Å². The van der Waals surface area contributed by atoms with E-state index in [9.17, 15) is 9.59 Å². The second kappa shape index (κ2) is 8.30. The maximum Gasteiger partial charge on any atom is 0.348 e. The summed E-state index contributed by atoms with van der Waals surface area (Å²) in [4.78, 5) is 28.2. The van der Waals surface area contributed by atoms with Crippen LogP contribution < -0.4 is 0 Å². The van der Waals surface area contributed by atoms with Gasteiger partial charge < -0.3 is 9.64 Å². The first-order chi connectivity index (χ1) is 12.2. The normalized spacial score (nSPS) is 13.2. The van der Waals surface area contributed by atoms with Crippen molar-refractivity contribution in [3.8, 4) is 0 Å². The molecular formula is C20H23NO3S. The minimum atomic E-state index is -0.386. The zero-order chi connectivity index (χ0) is 17.6. The number of nitrogens with zero attached hydrogens (tertiary/aromatic N) is 1. The molecule has 1 amide bonds. The Balaban J connectivity index is 1.55. The Morgan fingerprint density at radius 3 is 2.64 bits per heavy atom. The van der Waals surface area contributed by atoms with Gasteiger partial charge in [-0.2, -0.15) is 0 Å². The van der Waals surface area contributed by atoms with Gasteiger partial charge in [-0.05, 0) is 49.8 Å². The average molecular weight is 357 g/mol. The molecule has 25 heavy (non-hydrogen) atoms. The highest BCUT2D eigenvalue weighted by atomic mass is 32.1. The number of carbonyl (C=O) groups excluding carboxylic acids is 2. The lowest BCUT2D eigenvalue weighted by Crippen LogP contribution is -2.34. The van der Waals surface area contributed by atoms with Crippen molar-refractivity contribution in [2.75, 3.05) is 13.2 Å². The van der Waals surface area contributed by atoms with Gasteiger partial charge in [-0.25, -0.2) is 4.79 Å². The van der Waals surface area contributed by atoms with Crippen LogP contribution in [0.1, 0.15) is 45.4 Å². The highest BCUT2D eigenvalue weighted by molar-refractivity contribution is 7.14. The monoisotopic (exact) mass is 357 g/mol. The predicted molar refractivity (Wildman–Crippen MR) is 98.8 cm³/mol. The van der Waals surface area contributed by atoms with Gasteiger partial charge in [-0.1, -0.05) is 30.3 Å². The molecule has 1 aromatic carbocycles. The van der Waals surface area contributed by atoms with Crippen molar-refractivity contribution >= 4 is 23.2 Å². The fraction of sp³-hybridized carbons (Fsp3) is 0.400. The minimum absolute atomic E-state index is 0.166. The summed E-state index contributed by atoms with van der Waals surface area (Å²) in [5.41, 5.74) is 2.34. The number of likely N-dealkylation sites (N-methyl/N-ethyl adjacent to an activating group) is 1.